The van der Waals surface area contributed by atoms with E-state index in [1.54, 1.807) is 23.9 Å². The Morgan fingerprint density at radius 3 is 2.53 bits per heavy atom. The van der Waals surface area contributed by atoms with Crippen molar-refractivity contribution in [3.05, 3.63) is 95.7 Å². The maximum Gasteiger partial charge on any atom is 0.329 e. The molecule has 0 saturated carbocycles. The number of carbonyl (C=O) groups is 3. The summed E-state index contributed by atoms with van der Waals surface area (Å²) in [6.45, 7) is 1.55. The average Bonchev–Trinajstić information content (AvgIpc) is 3.03. The number of benzene rings is 3. The summed E-state index contributed by atoms with van der Waals surface area (Å²) in [7, 11) is 0. The van der Waals surface area contributed by atoms with E-state index in [0.717, 1.165) is 25.8 Å². The van der Waals surface area contributed by atoms with Gasteiger partial charge in [0.05, 0.1) is 0 Å². The van der Waals surface area contributed by atoms with Crippen molar-refractivity contribution in [2.75, 3.05) is 11.9 Å². The highest BCUT2D eigenvalue weighted by Crippen LogP contribution is 2.31. The summed E-state index contributed by atoms with van der Waals surface area (Å²) in [6, 6.07) is 24.2. The molecule has 0 radical (unpaired) electrons. The van der Waals surface area contributed by atoms with Crippen LogP contribution in [0.3, 0.4) is 0 Å². The third kappa shape index (κ3) is 5.07. The molecule has 1 heterocycles. The first-order chi connectivity index (χ1) is 15.5. The standard InChI is InChI=1S/C25H21N3O3S/c1-17-8-7-10-19(14-17)26-23(29)16-28-24(30)21(27-25(28)31)15-18-9-5-6-13-22(18)32-20-11-3-2-4-12-20/h2-15H,16H2,1H3,(H,26,29)(H,27,31)/b21-15+. The zero-order valence-electron chi connectivity index (χ0n) is 17.4. The number of hydrogen-bond donors (Lipinski definition) is 2. The number of amides is 4. The number of rotatable bonds is 6. The van der Waals surface area contributed by atoms with Gasteiger partial charge in [0, 0.05) is 15.5 Å². The van der Waals surface area contributed by atoms with E-state index in [9.17, 15) is 14.4 Å². The first-order valence-electron chi connectivity index (χ1n) is 10.0. The van der Waals surface area contributed by atoms with Crippen LogP contribution in [0, 0.1) is 6.92 Å². The highest BCUT2D eigenvalue weighted by molar-refractivity contribution is 7.99. The van der Waals surface area contributed by atoms with E-state index >= 15 is 0 Å². The first kappa shape index (κ1) is 21.4. The monoisotopic (exact) mass is 443 g/mol. The number of urea groups is 1. The van der Waals surface area contributed by atoms with Gasteiger partial charge >= 0.3 is 6.03 Å². The smallest absolute Gasteiger partial charge is 0.325 e. The van der Waals surface area contributed by atoms with Crippen LogP contribution in [-0.2, 0) is 9.59 Å². The van der Waals surface area contributed by atoms with Gasteiger partial charge in [-0.3, -0.25) is 9.59 Å². The summed E-state index contributed by atoms with van der Waals surface area (Å²) in [5.74, 6) is -0.978. The second-order valence-electron chi connectivity index (χ2n) is 7.25. The molecular weight excluding hydrogens is 422 g/mol. The lowest BCUT2D eigenvalue weighted by atomic mass is 10.2. The molecule has 4 amide bonds. The van der Waals surface area contributed by atoms with Crippen molar-refractivity contribution in [3.8, 4) is 0 Å². The van der Waals surface area contributed by atoms with Crippen LogP contribution < -0.4 is 10.6 Å². The molecule has 32 heavy (non-hydrogen) atoms. The highest BCUT2D eigenvalue weighted by Gasteiger charge is 2.35. The maximum atomic E-state index is 12.8. The molecule has 0 bridgehead atoms. The molecule has 1 saturated heterocycles. The molecule has 1 aliphatic heterocycles. The van der Waals surface area contributed by atoms with Crippen molar-refractivity contribution in [1.82, 2.24) is 10.2 Å². The molecular formula is C25H21N3O3S. The van der Waals surface area contributed by atoms with Crippen LogP contribution in [0.4, 0.5) is 10.5 Å². The number of carbonyl (C=O) groups excluding carboxylic acids is 3. The zero-order chi connectivity index (χ0) is 22.5. The third-order valence-corrected chi connectivity index (χ3v) is 5.86. The van der Waals surface area contributed by atoms with Gasteiger partial charge in [-0.25, -0.2) is 9.69 Å². The lowest BCUT2D eigenvalue weighted by Crippen LogP contribution is -2.38. The normalized spacial score (nSPS) is 14.5. The average molecular weight is 444 g/mol. The van der Waals surface area contributed by atoms with Crippen molar-refractivity contribution >= 4 is 41.4 Å². The molecule has 0 unspecified atom stereocenters. The molecule has 3 aromatic carbocycles. The Balaban J connectivity index is 1.49. The minimum atomic E-state index is -0.617. The van der Waals surface area contributed by atoms with Gasteiger partial charge in [-0.15, -0.1) is 0 Å². The summed E-state index contributed by atoms with van der Waals surface area (Å²) in [6.07, 6.45) is 1.64. The summed E-state index contributed by atoms with van der Waals surface area (Å²) in [4.78, 5) is 40.5. The fraction of sp³-hybridized carbons (Fsp3) is 0.0800. The van der Waals surface area contributed by atoms with Crippen molar-refractivity contribution in [2.45, 2.75) is 16.7 Å². The Hall–Kier alpha value is -3.84. The van der Waals surface area contributed by atoms with Crippen LogP contribution in [0.5, 0.6) is 0 Å². The van der Waals surface area contributed by atoms with Gasteiger partial charge in [-0.1, -0.05) is 60.3 Å². The highest BCUT2D eigenvalue weighted by atomic mass is 32.2. The van der Waals surface area contributed by atoms with Gasteiger partial charge in [0.25, 0.3) is 5.91 Å². The van der Waals surface area contributed by atoms with Crippen LogP contribution in [0.25, 0.3) is 6.08 Å². The number of nitrogens with zero attached hydrogens (tertiary/aromatic N) is 1. The predicted molar refractivity (Wildman–Crippen MR) is 125 cm³/mol. The van der Waals surface area contributed by atoms with Crippen LogP contribution in [0.1, 0.15) is 11.1 Å². The van der Waals surface area contributed by atoms with Crippen molar-refractivity contribution in [3.63, 3.8) is 0 Å². The SMILES string of the molecule is Cc1cccc(NC(=O)CN2C(=O)N/C(=C/c3ccccc3Sc3ccccc3)C2=O)c1. The third-order valence-electron chi connectivity index (χ3n) is 4.76. The number of anilines is 1. The zero-order valence-corrected chi connectivity index (χ0v) is 18.2. The molecule has 160 valence electrons. The van der Waals surface area contributed by atoms with Gasteiger partial charge in [-0.05, 0) is 54.5 Å². The molecule has 3 aromatic rings. The van der Waals surface area contributed by atoms with Crippen molar-refractivity contribution < 1.29 is 14.4 Å². The fourth-order valence-electron chi connectivity index (χ4n) is 3.25. The maximum absolute atomic E-state index is 12.8. The lowest BCUT2D eigenvalue weighted by Gasteiger charge is -2.12. The van der Waals surface area contributed by atoms with Gasteiger partial charge < -0.3 is 10.6 Å². The minimum Gasteiger partial charge on any atom is -0.325 e. The van der Waals surface area contributed by atoms with Gasteiger partial charge in [0.1, 0.15) is 12.2 Å². The van der Waals surface area contributed by atoms with E-state index in [4.69, 9.17) is 0 Å². The number of hydrogen-bond acceptors (Lipinski definition) is 4. The largest absolute Gasteiger partial charge is 0.329 e. The van der Waals surface area contributed by atoms with Crippen LogP contribution in [0.15, 0.2) is 94.4 Å². The van der Waals surface area contributed by atoms with E-state index in [-0.39, 0.29) is 12.2 Å². The van der Waals surface area contributed by atoms with E-state index < -0.39 is 17.8 Å². The van der Waals surface area contributed by atoms with Gasteiger partial charge in [-0.2, -0.15) is 0 Å². The van der Waals surface area contributed by atoms with Crippen LogP contribution in [-0.4, -0.2) is 29.3 Å². The lowest BCUT2D eigenvalue weighted by molar-refractivity contribution is -0.127. The molecule has 0 aliphatic carbocycles. The van der Waals surface area contributed by atoms with Gasteiger partial charge in [0.15, 0.2) is 0 Å². The molecule has 7 heteroatoms. The number of imide groups is 1. The Morgan fingerprint density at radius 1 is 1.00 bits per heavy atom. The Kier molecular flexibility index (Phi) is 6.37. The number of nitrogens with one attached hydrogen (secondary N) is 2. The topological polar surface area (TPSA) is 78.5 Å². The fourth-order valence-corrected chi connectivity index (χ4v) is 4.18. The number of aryl methyl sites for hydroxylation is 1. The van der Waals surface area contributed by atoms with E-state index in [1.807, 2.05) is 79.7 Å². The quantitative estimate of drug-likeness (QED) is 0.428. The van der Waals surface area contributed by atoms with E-state index in [1.165, 1.54) is 0 Å². The van der Waals surface area contributed by atoms with Crippen molar-refractivity contribution in [2.24, 2.45) is 0 Å². The molecule has 0 spiro atoms. The van der Waals surface area contributed by atoms with Crippen LogP contribution >= 0.6 is 11.8 Å². The van der Waals surface area contributed by atoms with Crippen molar-refractivity contribution in [1.29, 1.82) is 0 Å². The second kappa shape index (κ2) is 9.53. The molecule has 0 aromatic heterocycles. The Bertz CT molecular complexity index is 1210. The Morgan fingerprint density at radius 2 is 1.75 bits per heavy atom. The van der Waals surface area contributed by atoms with Crippen LogP contribution in [0.2, 0.25) is 0 Å². The summed E-state index contributed by atoms with van der Waals surface area (Å²) >= 11 is 1.57. The van der Waals surface area contributed by atoms with Gasteiger partial charge in [0.2, 0.25) is 5.91 Å². The molecule has 6 nitrogen and oxygen atoms in total. The second-order valence-corrected chi connectivity index (χ2v) is 8.37. The summed E-state index contributed by atoms with van der Waals surface area (Å²) in [5.41, 5.74) is 2.55. The molecule has 2 N–H and O–H groups in total. The predicted octanol–water partition coefficient (Wildman–Crippen LogP) is 4.68. The summed E-state index contributed by atoms with van der Waals surface area (Å²) < 4.78 is 0. The molecule has 1 aliphatic rings. The van der Waals surface area contributed by atoms with E-state index in [0.29, 0.717) is 5.69 Å². The molecule has 1 fully saturated rings. The molecule has 4 rings (SSSR count). The minimum absolute atomic E-state index is 0.138. The first-order valence-corrected chi connectivity index (χ1v) is 10.8. The Labute approximate surface area is 190 Å². The molecule has 0 atom stereocenters. The van der Waals surface area contributed by atoms with E-state index in [2.05, 4.69) is 10.6 Å². The summed E-state index contributed by atoms with van der Waals surface area (Å²) in [5, 5.41) is 5.30.